The fourth-order valence-corrected chi connectivity index (χ4v) is 2.10. The predicted octanol–water partition coefficient (Wildman–Crippen LogP) is 3.40. The summed E-state index contributed by atoms with van der Waals surface area (Å²) >= 11 is 3.42. The van der Waals surface area contributed by atoms with Crippen LogP contribution in [-0.2, 0) is 4.79 Å². The zero-order chi connectivity index (χ0) is 14.3. The molecule has 0 aliphatic heterocycles. The average molecular weight is 327 g/mol. The summed E-state index contributed by atoms with van der Waals surface area (Å²) in [4.78, 5) is 11.9. The topological polar surface area (TPSA) is 41.1 Å². The minimum atomic E-state index is -0.185. The second-order valence-corrected chi connectivity index (χ2v) is 5.72. The van der Waals surface area contributed by atoms with E-state index in [2.05, 4.69) is 52.5 Å². The third kappa shape index (κ3) is 5.74. The number of nitrogens with one attached hydrogen (secondary N) is 2. The van der Waals surface area contributed by atoms with E-state index in [0.717, 1.165) is 23.9 Å². The predicted molar refractivity (Wildman–Crippen MR) is 83.1 cm³/mol. The molecule has 0 aliphatic rings. The molecule has 1 unspecified atom stereocenters. The standard InChI is InChI=1S/C15H23BrN2O/c1-4-5-10-17-15(19)12(3)18-11(2)13-6-8-14(16)9-7-13/h6-9,11-12,18H,4-5,10H2,1-3H3,(H,17,19)/t11-,12?/m0/s1. The monoisotopic (exact) mass is 326 g/mol. The fraction of sp³-hybridized carbons (Fsp3) is 0.533. The number of amides is 1. The first kappa shape index (κ1) is 16.2. The molecule has 2 N–H and O–H groups in total. The summed E-state index contributed by atoms with van der Waals surface area (Å²) < 4.78 is 1.06. The Morgan fingerprint density at radius 3 is 2.47 bits per heavy atom. The van der Waals surface area contributed by atoms with E-state index in [0.29, 0.717) is 0 Å². The molecule has 106 valence electrons. The van der Waals surface area contributed by atoms with Gasteiger partial charge in [-0.2, -0.15) is 0 Å². The smallest absolute Gasteiger partial charge is 0.236 e. The van der Waals surface area contributed by atoms with Gasteiger partial charge in [0.2, 0.25) is 5.91 Å². The van der Waals surface area contributed by atoms with E-state index in [-0.39, 0.29) is 18.0 Å². The van der Waals surface area contributed by atoms with E-state index in [1.54, 1.807) is 0 Å². The van der Waals surface area contributed by atoms with Crippen molar-refractivity contribution in [2.24, 2.45) is 0 Å². The molecule has 0 heterocycles. The van der Waals surface area contributed by atoms with E-state index in [1.165, 1.54) is 5.56 Å². The van der Waals surface area contributed by atoms with Crippen molar-refractivity contribution in [3.8, 4) is 0 Å². The number of unbranched alkanes of at least 4 members (excludes halogenated alkanes) is 1. The van der Waals surface area contributed by atoms with Crippen molar-refractivity contribution >= 4 is 21.8 Å². The molecular weight excluding hydrogens is 304 g/mol. The highest BCUT2D eigenvalue weighted by Crippen LogP contribution is 2.16. The molecule has 2 atom stereocenters. The van der Waals surface area contributed by atoms with Gasteiger partial charge in [-0.05, 0) is 38.0 Å². The summed E-state index contributed by atoms with van der Waals surface area (Å²) in [5.74, 6) is 0.0670. The highest BCUT2D eigenvalue weighted by atomic mass is 79.9. The lowest BCUT2D eigenvalue weighted by molar-refractivity contribution is -0.122. The summed E-state index contributed by atoms with van der Waals surface area (Å²) in [5.41, 5.74) is 1.18. The van der Waals surface area contributed by atoms with Crippen LogP contribution >= 0.6 is 15.9 Å². The number of rotatable bonds is 7. The molecule has 0 spiro atoms. The zero-order valence-corrected chi connectivity index (χ0v) is 13.5. The van der Waals surface area contributed by atoms with Crippen LogP contribution in [0.1, 0.15) is 45.2 Å². The first-order valence-electron chi connectivity index (χ1n) is 6.83. The summed E-state index contributed by atoms with van der Waals surface area (Å²) in [6.45, 7) is 6.84. The van der Waals surface area contributed by atoms with Gasteiger partial charge in [0.05, 0.1) is 6.04 Å². The third-order valence-corrected chi connectivity index (χ3v) is 3.62. The van der Waals surface area contributed by atoms with Gasteiger partial charge in [-0.1, -0.05) is 41.4 Å². The normalized spacial score (nSPS) is 13.9. The Morgan fingerprint density at radius 2 is 1.89 bits per heavy atom. The van der Waals surface area contributed by atoms with Crippen LogP contribution in [0.3, 0.4) is 0 Å². The van der Waals surface area contributed by atoms with Gasteiger partial charge in [0.15, 0.2) is 0 Å². The number of carbonyl (C=O) groups is 1. The SMILES string of the molecule is CCCCNC(=O)C(C)N[C@@H](C)c1ccc(Br)cc1. The lowest BCUT2D eigenvalue weighted by Crippen LogP contribution is -2.43. The first-order chi connectivity index (χ1) is 9.04. The lowest BCUT2D eigenvalue weighted by atomic mass is 10.1. The van der Waals surface area contributed by atoms with Crippen LogP contribution in [-0.4, -0.2) is 18.5 Å². The first-order valence-corrected chi connectivity index (χ1v) is 7.63. The minimum Gasteiger partial charge on any atom is -0.355 e. The van der Waals surface area contributed by atoms with Crippen LogP contribution in [0.2, 0.25) is 0 Å². The van der Waals surface area contributed by atoms with E-state index >= 15 is 0 Å². The number of halogens is 1. The molecule has 1 amide bonds. The van der Waals surface area contributed by atoms with Crippen LogP contribution in [0, 0.1) is 0 Å². The quantitative estimate of drug-likeness (QED) is 0.754. The Bertz CT molecular complexity index is 392. The van der Waals surface area contributed by atoms with Crippen molar-refractivity contribution in [1.29, 1.82) is 0 Å². The minimum absolute atomic E-state index is 0.0670. The van der Waals surface area contributed by atoms with Crippen LogP contribution in [0.4, 0.5) is 0 Å². The maximum absolute atomic E-state index is 11.9. The molecule has 1 aromatic rings. The summed E-state index contributed by atoms with van der Waals surface area (Å²) in [6.07, 6.45) is 2.12. The number of benzene rings is 1. The number of hydrogen-bond acceptors (Lipinski definition) is 2. The summed E-state index contributed by atoms with van der Waals surface area (Å²) in [6, 6.07) is 8.11. The summed E-state index contributed by atoms with van der Waals surface area (Å²) in [7, 11) is 0. The van der Waals surface area contributed by atoms with E-state index in [1.807, 2.05) is 19.1 Å². The van der Waals surface area contributed by atoms with E-state index in [4.69, 9.17) is 0 Å². The molecule has 4 heteroatoms. The molecule has 1 rings (SSSR count). The Hall–Kier alpha value is -0.870. The molecular formula is C15H23BrN2O. The zero-order valence-electron chi connectivity index (χ0n) is 11.9. The maximum Gasteiger partial charge on any atom is 0.236 e. The maximum atomic E-state index is 11.9. The molecule has 0 saturated carbocycles. The van der Waals surface area contributed by atoms with Gasteiger partial charge in [-0.3, -0.25) is 10.1 Å². The highest BCUT2D eigenvalue weighted by molar-refractivity contribution is 9.10. The Kier molecular flexibility index (Phi) is 7.10. The highest BCUT2D eigenvalue weighted by Gasteiger charge is 2.15. The van der Waals surface area contributed by atoms with Crippen molar-refractivity contribution in [2.75, 3.05) is 6.54 Å². The van der Waals surface area contributed by atoms with Crippen molar-refractivity contribution in [3.05, 3.63) is 34.3 Å². The lowest BCUT2D eigenvalue weighted by Gasteiger charge is -2.20. The van der Waals surface area contributed by atoms with Crippen molar-refractivity contribution < 1.29 is 4.79 Å². The third-order valence-electron chi connectivity index (χ3n) is 3.09. The molecule has 0 aliphatic carbocycles. The van der Waals surface area contributed by atoms with Gasteiger partial charge >= 0.3 is 0 Å². The van der Waals surface area contributed by atoms with Crippen LogP contribution < -0.4 is 10.6 Å². The molecule has 3 nitrogen and oxygen atoms in total. The molecule has 0 bridgehead atoms. The average Bonchev–Trinajstić information content (AvgIpc) is 2.39. The van der Waals surface area contributed by atoms with Crippen LogP contribution in [0.5, 0.6) is 0 Å². The molecule has 0 saturated heterocycles. The van der Waals surface area contributed by atoms with Gasteiger partial charge < -0.3 is 5.32 Å². The Balaban J connectivity index is 2.44. The van der Waals surface area contributed by atoms with E-state index < -0.39 is 0 Å². The van der Waals surface area contributed by atoms with Crippen molar-refractivity contribution in [3.63, 3.8) is 0 Å². The molecule has 1 aromatic carbocycles. The Morgan fingerprint density at radius 1 is 1.26 bits per heavy atom. The molecule has 0 radical (unpaired) electrons. The van der Waals surface area contributed by atoms with Gasteiger partial charge in [0.1, 0.15) is 0 Å². The van der Waals surface area contributed by atoms with Crippen molar-refractivity contribution in [1.82, 2.24) is 10.6 Å². The molecule has 0 aromatic heterocycles. The fourth-order valence-electron chi connectivity index (χ4n) is 1.84. The van der Waals surface area contributed by atoms with Gasteiger partial charge in [0, 0.05) is 17.1 Å². The molecule has 19 heavy (non-hydrogen) atoms. The summed E-state index contributed by atoms with van der Waals surface area (Å²) in [5, 5.41) is 6.26. The van der Waals surface area contributed by atoms with Crippen molar-refractivity contribution in [2.45, 2.75) is 45.7 Å². The van der Waals surface area contributed by atoms with Crippen LogP contribution in [0.25, 0.3) is 0 Å². The molecule has 0 fully saturated rings. The Labute approximate surface area is 124 Å². The largest absolute Gasteiger partial charge is 0.355 e. The number of hydrogen-bond donors (Lipinski definition) is 2. The van der Waals surface area contributed by atoms with Crippen LogP contribution in [0.15, 0.2) is 28.7 Å². The van der Waals surface area contributed by atoms with Gasteiger partial charge in [0.25, 0.3) is 0 Å². The second-order valence-electron chi connectivity index (χ2n) is 4.81. The van der Waals surface area contributed by atoms with Gasteiger partial charge in [-0.15, -0.1) is 0 Å². The second kappa shape index (κ2) is 8.33. The van der Waals surface area contributed by atoms with Gasteiger partial charge in [-0.25, -0.2) is 0 Å². The number of carbonyl (C=O) groups excluding carboxylic acids is 1. The van der Waals surface area contributed by atoms with E-state index in [9.17, 15) is 4.79 Å².